The molecule has 2 aromatic heterocycles. The topological polar surface area (TPSA) is 64.0 Å². The van der Waals surface area contributed by atoms with Crippen LogP contribution in [-0.4, -0.2) is 21.2 Å². The van der Waals surface area contributed by atoms with Gasteiger partial charge in [0.15, 0.2) is 5.16 Å². The summed E-state index contributed by atoms with van der Waals surface area (Å²) in [5.41, 5.74) is 3.23. The van der Waals surface area contributed by atoms with Crippen LogP contribution >= 0.6 is 23.1 Å². The van der Waals surface area contributed by atoms with Crippen molar-refractivity contribution in [1.29, 1.82) is 0 Å². The van der Waals surface area contributed by atoms with Crippen molar-refractivity contribution in [2.45, 2.75) is 12.1 Å². The molecule has 0 atom stereocenters. The van der Waals surface area contributed by atoms with Gasteiger partial charge in [0.1, 0.15) is 4.83 Å². The summed E-state index contributed by atoms with van der Waals surface area (Å²) in [5, 5.41) is 3.99. The first-order chi connectivity index (χ1) is 16.6. The van der Waals surface area contributed by atoms with Crippen LogP contribution in [0.4, 0.5) is 5.69 Å². The highest BCUT2D eigenvalue weighted by Gasteiger charge is 2.21. The number of rotatable bonds is 6. The van der Waals surface area contributed by atoms with Crippen LogP contribution in [0.3, 0.4) is 0 Å². The molecule has 0 aliphatic heterocycles. The Morgan fingerprint density at radius 1 is 0.941 bits per heavy atom. The van der Waals surface area contributed by atoms with Crippen LogP contribution in [0.2, 0.25) is 0 Å². The summed E-state index contributed by atoms with van der Waals surface area (Å²) in [7, 11) is 0. The lowest BCUT2D eigenvalue weighted by molar-refractivity contribution is -0.113. The summed E-state index contributed by atoms with van der Waals surface area (Å²) in [6.07, 6.45) is 0. The first-order valence-corrected chi connectivity index (χ1v) is 12.6. The molecule has 0 aliphatic rings. The molecule has 0 aliphatic carbocycles. The predicted molar refractivity (Wildman–Crippen MR) is 141 cm³/mol. The van der Waals surface area contributed by atoms with Gasteiger partial charge >= 0.3 is 0 Å². The van der Waals surface area contributed by atoms with E-state index >= 15 is 0 Å². The van der Waals surface area contributed by atoms with Crippen LogP contribution in [0.25, 0.3) is 27.0 Å². The van der Waals surface area contributed by atoms with Gasteiger partial charge in [0, 0.05) is 16.1 Å². The van der Waals surface area contributed by atoms with Crippen molar-refractivity contribution >= 4 is 44.9 Å². The highest BCUT2D eigenvalue weighted by molar-refractivity contribution is 7.99. The smallest absolute Gasteiger partial charge is 0.268 e. The fourth-order valence-electron chi connectivity index (χ4n) is 3.85. The fraction of sp³-hybridized carbons (Fsp3) is 0.0741. The summed E-state index contributed by atoms with van der Waals surface area (Å²) in [6, 6.07) is 28.7. The van der Waals surface area contributed by atoms with Crippen molar-refractivity contribution in [3.63, 3.8) is 0 Å². The van der Waals surface area contributed by atoms with Crippen LogP contribution in [0.5, 0.6) is 0 Å². The van der Waals surface area contributed by atoms with E-state index in [1.165, 1.54) is 23.1 Å². The van der Waals surface area contributed by atoms with E-state index in [4.69, 9.17) is 4.98 Å². The average molecular weight is 484 g/mol. The van der Waals surface area contributed by atoms with Crippen LogP contribution in [-0.2, 0) is 4.79 Å². The lowest BCUT2D eigenvalue weighted by atomic mass is 10.0. The van der Waals surface area contributed by atoms with Crippen molar-refractivity contribution in [3.8, 4) is 16.8 Å². The van der Waals surface area contributed by atoms with Gasteiger partial charge in [0.25, 0.3) is 5.56 Å². The number of benzene rings is 3. The third-order valence-corrected chi connectivity index (χ3v) is 7.28. The number of thiophene rings is 1. The third kappa shape index (κ3) is 4.40. The molecule has 3 aromatic carbocycles. The molecular formula is C27H21N3O2S2. The zero-order valence-electron chi connectivity index (χ0n) is 18.4. The van der Waals surface area contributed by atoms with Gasteiger partial charge in [0.2, 0.25) is 5.91 Å². The van der Waals surface area contributed by atoms with Crippen molar-refractivity contribution in [2.24, 2.45) is 0 Å². The Hall–Kier alpha value is -3.68. The number of nitrogens with one attached hydrogen (secondary N) is 1. The monoisotopic (exact) mass is 483 g/mol. The molecule has 5 nitrogen and oxygen atoms in total. The maximum Gasteiger partial charge on any atom is 0.268 e. The molecular weight excluding hydrogens is 462 g/mol. The summed E-state index contributed by atoms with van der Waals surface area (Å²) >= 11 is 2.76. The van der Waals surface area contributed by atoms with Crippen LogP contribution in [0, 0.1) is 6.92 Å². The first kappa shape index (κ1) is 22.1. The molecule has 5 rings (SSSR count). The van der Waals surface area contributed by atoms with Gasteiger partial charge in [-0.1, -0.05) is 78.5 Å². The first-order valence-electron chi connectivity index (χ1n) is 10.8. The van der Waals surface area contributed by atoms with Gasteiger partial charge in [-0.3, -0.25) is 14.2 Å². The standard InChI is InChI=1S/C27H21N3O2S2/c1-18-23(19-11-5-2-6-12-19)24-25(34-18)29-27(30(26(24)32)21-15-9-4-10-16-21)33-17-22(31)28-20-13-7-3-8-14-20/h2-16H,17H2,1H3,(H,28,31). The fourth-order valence-corrected chi connectivity index (χ4v) is 5.74. The molecule has 0 spiro atoms. The second-order valence-electron chi connectivity index (χ2n) is 7.65. The maximum absolute atomic E-state index is 13.9. The molecule has 34 heavy (non-hydrogen) atoms. The van der Waals surface area contributed by atoms with Gasteiger partial charge in [-0.15, -0.1) is 11.3 Å². The number of fused-ring (bicyclic) bond motifs is 1. The molecule has 0 fully saturated rings. The molecule has 168 valence electrons. The van der Waals surface area contributed by atoms with E-state index in [1.54, 1.807) is 4.57 Å². The van der Waals surface area contributed by atoms with Crippen molar-refractivity contribution in [1.82, 2.24) is 9.55 Å². The SMILES string of the molecule is Cc1sc2nc(SCC(=O)Nc3ccccc3)n(-c3ccccc3)c(=O)c2c1-c1ccccc1. The second kappa shape index (κ2) is 9.67. The van der Waals surface area contributed by atoms with E-state index < -0.39 is 0 Å². The number of anilines is 1. The Morgan fingerprint density at radius 2 is 1.56 bits per heavy atom. The number of carbonyl (C=O) groups excluding carboxylic acids is 1. The van der Waals surface area contributed by atoms with Gasteiger partial charge < -0.3 is 5.32 Å². The number of amides is 1. The van der Waals surface area contributed by atoms with Gasteiger partial charge in [-0.05, 0) is 36.8 Å². The normalized spacial score (nSPS) is 11.0. The van der Waals surface area contributed by atoms with Crippen molar-refractivity contribution in [3.05, 3.63) is 106 Å². The minimum Gasteiger partial charge on any atom is -0.325 e. The maximum atomic E-state index is 13.9. The van der Waals surface area contributed by atoms with Crippen molar-refractivity contribution in [2.75, 3.05) is 11.1 Å². The lowest BCUT2D eigenvalue weighted by Gasteiger charge is -2.13. The Labute approximate surface area is 205 Å². The van der Waals surface area contributed by atoms with E-state index in [9.17, 15) is 9.59 Å². The summed E-state index contributed by atoms with van der Waals surface area (Å²) < 4.78 is 1.61. The minimum atomic E-state index is -0.155. The van der Waals surface area contributed by atoms with Crippen molar-refractivity contribution < 1.29 is 4.79 Å². The quantitative estimate of drug-likeness (QED) is 0.232. The highest BCUT2D eigenvalue weighted by atomic mass is 32.2. The largest absolute Gasteiger partial charge is 0.325 e. The number of aryl methyl sites for hydroxylation is 1. The molecule has 0 radical (unpaired) electrons. The molecule has 2 heterocycles. The van der Waals surface area contributed by atoms with E-state index in [2.05, 4.69) is 5.32 Å². The number of aromatic nitrogens is 2. The van der Waals surface area contributed by atoms with Gasteiger partial charge in [-0.2, -0.15) is 0 Å². The molecule has 0 bridgehead atoms. The Bertz CT molecular complexity index is 1510. The average Bonchev–Trinajstić information content (AvgIpc) is 3.20. The second-order valence-corrected chi connectivity index (χ2v) is 9.80. The van der Waals surface area contributed by atoms with E-state index in [0.29, 0.717) is 15.4 Å². The minimum absolute atomic E-state index is 0.134. The summed E-state index contributed by atoms with van der Waals surface area (Å²) in [5.74, 6) is -0.0206. The number of carbonyl (C=O) groups is 1. The third-order valence-electron chi connectivity index (χ3n) is 5.34. The van der Waals surface area contributed by atoms with E-state index in [0.717, 1.165) is 27.4 Å². The molecule has 0 saturated carbocycles. The van der Waals surface area contributed by atoms with E-state index in [1.807, 2.05) is 97.9 Å². The lowest BCUT2D eigenvalue weighted by Crippen LogP contribution is -2.22. The number of hydrogen-bond acceptors (Lipinski definition) is 5. The molecule has 0 saturated heterocycles. The summed E-state index contributed by atoms with van der Waals surface area (Å²) in [6.45, 7) is 2.01. The highest BCUT2D eigenvalue weighted by Crippen LogP contribution is 2.36. The molecule has 7 heteroatoms. The number of para-hydroxylation sites is 2. The summed E-state index contributed by atoms with van der Waals surface area (Å²) in [4.78, 5) is 33.1. The van der Waals surface area contributed by atoms with Gasteiger partial charge in [0.05, 0.1) is 16.8 Å². The number of nitrogens with zero attached hydrogens (tertiary/aromatic N) is 2. The Balaban J connectivity index is 1.59. The molecule has 5 aromatic rings. The number of hydrogen-bond donors (Lipinski definition) is 1. The van der Waals surface area contributed by atoms with Gasteiger partial charge in [-0.25, -0.2) is 4.98 Å². The van der Waals surface area contributed by atoms with Crippen LogP contribution < -0.4 is 10.9 Å². The molecule has 0 unspecified atom stereocenters. The Kier molecular flexibility index (Phi) is 6.29. The van der Waals surface area contributed by atoms with Crippen LogP contribution in [0.1, 0.15) is 4.88 Å². The van der Waals surface area contributed by atoms with E-state index in [-0.39, 0.29) is 17.2 Å². The zero-order chi connectivity index (χ0) is 23.5. The molecule has 1 amide bonds. The Morgan fingerprint density at radius 3 is 2.24 bits per heavy atom. The number of thioether (sulfide) groups is 1. The zero-order valence-corrected chi connectivity index (χ0v) is 20.0. The van der Waals surface area contributed by atoms with Crippen LogP contribution in [0.15, 0.2) is 101 Å². The molecule has 1 N–H and O–H groups in total. The predicted octanol–water partition coefficient (Wildman–Crippen LogP) is 6.15.